The lowest BCUT2D eigenvalue weighted by Crippen LogP contribution is -2.13. The SMILES string of the molecule is CCCOc1ccc(S(=O)(=O)Nc2cccc(C#N)c2)cc1. The van der Waals surface area contributed by atoms with Gasteiger partial charge in [-0.05, 0) is 48.9 Å². The molecular formula is C16H16N2O3S. The van der Waals surface area contributed by atoms with Crippen LogP contribution in [0.5, 0.6) is 5.75 Å². The molecule has 0 aromatic heterocycles. The Bertz CT molecular complexity index is 778. The molecule has 5 nitrogen and oxygen atoms in total. The third-order valence-corrected chi connectivity index (χ3v) is 4.25. The number of nitrogens with one attached hydrogen (secondary N) is 1. The molecule has 0 unspecified atom stereocenters. The van der Waals surface area contributed by atoms with Gasteiger partial charge in [0.05, 0.1) is 28.8 Å². The highest BCUT2D eigenvalue weighted by atomic mass is 32.2. The molecule has 0 radical (unpaired) electrons. The Morgan fingerprint density at radius 1 is 1.18 bits per heavy atom. The van der Waals surface area contributed by atoms with Crippen LogP contribution in [0, 0.1) is 11.3 Å². The van der Waals surface area contributed by atoms with E-state index >= 15 is 0 Å². The van der Waals surface area contributed by atoms with E-state index in [1.54, 1.807) is 30.3 Å². The Hall–Kier alpha value is -2.52. The first-order valence-electron chi connectivity index (χ1n) is 6.81. The summed E-state index contributed by atoms with van der Waals surface area (Å²) in [7, 11) is -3.69. The van der Waals surface area contributed by atoms with Crippen molar-refractivity contribution in [1.82, 2.24) is 0 Å². The molecule has 0 aliphatic rings. The molecule has 0 bridgehead atoms. The van der Waals surface area contributed by atoms with Crippen molar-refractivity contribution in [2.75, 3.05) is 11.3 Å². The first-order chi connectivity index (χ1) is 10.5. The smallest absolute Gasteiger partial charge is 0.261 e. The molecule has 0 saturated heterocycles. The number of nitrogens with zero attached hydrogens (tertiary/aromatic N) is 1. The molecule has 0 heterocycles. The largest absolute Gasteiger partial charge is 0.494 e. The molecule has 2 aromatic rings. The van der Waals surface area contributed by atoms with Crippen LogP contribution in [0.1, 0.15) is 18.9 Å². The fraction of sp³-hybridized carbons (Fsp3) is 0.188. The number of sulfonamides is 1. The fourth-order valence-corrected chi connectivity index (χ4v) is 2.85. The molecule has 2 rings (SSSR count). The summed E-state index contributed by atoms with van der Waals surface area (Å²) >= 11 is 0. The van der Waals surface area contributed by atoms with E-state index in [4.69, 9.17) is 10.00 Å². The second-order valence-corrected chi connectivity index (χ2v) is 6.30. The number of hydrogen-bond donors (Lipinski definition) is 1. The fourth-order valence-electron chi connectivity index (χ4n) is 1.80. The molecule has 0 fully saturated rings. The summed E-state index contributed by atoms with van der Waals surface area (Å²) in [4.78, 5) is 0.138. The third-order valence-electron chi connectivity index (χ3n) is 2.85. The maximum absolute atomic E-state index is 12.3. The molecule has 0 saturated carbocycles. The van der Waals surface area contributed by atoms with Crippen molar-refractivity contribution < 1.29 is 13.2 Å². The number of ether oxygens (including phenoxy) is 1. The Morgan fingerprint density at radius 2 is 1.91 bits per heavy atom. The lowest BCUT2D eigenvalue weighted by Gasteiger charge is -2.09. The van der Waals surface area contributed by atoms with Gasteiger partial charge < -0.3 is 4.74 Å². The van der Waals surface area contributed by atoms with Crippen molar-refractivity contribution in [2.24, 2.45) is 0 Å². The van der Waals surface area contributed by atoms with Gasteiger partial charge in [-0.1, -0.05) is 13.0 Å². The van der Waals surface area contributed by atoms with E-state index < -0.39 is 10.0 Å². The molecule has 6 heteroatoms. The monoisotopic (exact) mass is 316 g/mol. The van der Waals surface area contributed by atoms with E-state index in [-0.39, 0.29) is 4.90 Å². The zero-order valence-corrected chi connectivity index (χ0v) is 12.9. The molecule has 22 heavy (non-hydrogen) atoms. The standard InChI is InChI=1S/C16H16N2O3S/c1-2-10-21-15-6-8-16(9-7-15)22(19,20)18-14-5-3-4-13(11-14)12-17/h3-9,11,18H,2,10H2,1H3. The Balaban J connectivity index is 2.17. The van der Waals surface area contributed by atoms with Gasteiger partial charge in [-0.15, -0.1) is 0 Å². The summed E-state index contributed by atoms with van der Waals surface area (Å²) < 4.78 is 32.5. The molecule has 2 aromatic carbocycles. The van der Waals surface area contributed by atoms with Crippen LogP contribution >= 0.6 is 0 Å². The number of nitriles is 1. The van der Waals surface area contributed by atoms with Crippen LogP contribution in [0.4, 0.5) is 5.69 Å². The molecule has 0 atom stereocenters. The lowest BCUT2D eigenvalue weighted by atomic mass is 10.2. The third kappa shape index (κ3) is 3.99. The predicted octanol–water partition coefficient (Wildman–Crippen LogP) is 3.15. The lowest BCUT2D eigenvalue weighted by molar-refractivity contribution is 0.317. The van der Waals surface area contributed by atoms with Gasteiger partial charge in [-0.3, -0.25) is 4.72 Å². The van der Waals surface area contributed by atoms with Gasteiger partial charge in [-0.25, -0.2) is 8.42 Å². The maximum Gasteiger partial charge on any atom is 0.261 e. The van der Waals surface area contributed by atoms with E-state index in [1.807, 2.05) is 13.0 Å². The topological polar surface area (TPSA) is 79.2 Å². The minimum absolute atomic E-state index is 0.138. The second kappa shape index (κ2) is 6.96. The maximum atomic E-state index is 12.3. The normalized spacial score (nSPS) is 10.7. The Kier molecular flexibility index (Phi) is 5.02. The molecular weight excluding hydrogens is 300 g/mol. The van der Waals surface area contributed by atoms with Crippen molar-refractivity contribution in [3.63, 3.8) is 0 Å². The van der Waals surface area contributed by atoms with Gasteiger partial charge in [0.1, 0.15) is 5.75 Å². The minimum Gasteiger partial charge on any atom is -0.494 e. The van der Waals surface area contributed by atoms with Crippen LogP contribution in [-0.4, -0.2) is 15.0 Å². The molecule has 0 aliphatic heterocycles. The van der Waals surface area contributed by atoms with Gasteiger partial charge >= 0.3 is 0 Å². The average Bonchev–Trinajstić information content (AvgIpc) is 2.53. The summed E-state index contributed by atoms with van der Waals surface area (Å²) in [6.45, 7) is 2.59. The summed E-state index contributed by atoms with van der Waals surface area (Å²) in [6, 6.07) is 14.5. The molecule has 0 spiro atoms. The summed E-state index contributed by atoms with van der Waals surface area (Å²) in [5.74, 6) is 0.632. The van der Waals surface area contributed by atoms with E-state index in [9.17, 15) is 8.42 Å². The van der Waals surface area contributed by atoms with E-state index in [0.717, 1.165) is 6.42 Å². The quantitative estimate of drug-likeness (QED) is 0.888. The van der Waals surface area contributed by atoms with Crippen LogP contribution in [0.15, 0.2) is 53.4 Å². The van der Waals surface area contributed by atoms with Crippen LogP contribution in [0.2, 0.25) is 0 Å². The Labute approximate surface area is 130 Å². The highest BCUT2D eigenvalue weighted by molar-refractivity contribution is 7.92. The highest BCUT2D eigenvalue weighted by Gasteiger charge is 2.14. The van der Waals surface area contributed by atoms with E-state index in [1.165, 1.54) is 18.2 Å². The molecule has 0 amide bonds. The predicted molar refractivity (Wildman–Crippen MR) is 84.2 cm³/mol. The first kappa shape index (κ1) is 15.9. The van der Waals surface area contributed by atoms with Gasteiger partial charge in [0.25, 0.3) is 10.0 Å². The van der Waals surface area contributed by atoms with E-state index in [0.29, 0.717) is 23.6 Å². The van der Waals surface area contributed by atoms with E-state index in [2.05, 4.69) is 4.72 Å². The minimum atomic E-state index is -3.69. The second-order valence-electron chi connectivity index (χ2n) is 4.62. The van der Waals surface area contributed by atoms with Crippen LogP contribution in [0.25, 0.3) is 0 Å². The van der Waals surface area contributed by atoms with Gasteiger partial charge in [-0.2, -0.15) is 5.26 Å². The van der Waals surface area contributed by atoms with Crippen molar-refractivity contribution in [2.45, 2.75) is 18.2 Å². The van der Waals surface area contributed by atoms with Crippen molar-refractivity contribution >= 4 is 15.7 Å². The van der Waals surface area contributed by atoms with Crippen LogP contribution < -0.4 is 9.46 Å². The van der Waals surface area contributed by atoms with Crippen LogP contribution in [0.3, 0.4) is 0 Å². The van der Waals surface area contributed by atoms with Crippen molar-refractivity contribution in [3.8, 4) is 11.8 Å². The highest BCUT2D eigenvalue weighted by Crippen LogP contribution is 2.20. The number of benzene rings is 2. The molecule has 1 N–H and O–H groups in total. The van der Waals surface area contributed by atoms with Crippen molar-refractivity contribution in [3.05, 3.63) is 54.1 Å². The first-order valence-corrected chi connectivity index (χ1v) is 8.29. The number of hydrogen-bond acceptors (Lipinski definition) is 4. The summed E-state index contributed by atoms with van der Waals surface area (Å²) in [6.07, 6.45) is 0.886. The average molecular weight is 316 g/mol. The van der Waals surface area contributed by atoms with Gasteiger partial charge in [0, 0.05) is 0 Å². The summed E-state index contributed by atoms with van der Waals surface area (Å²) in [5, 5.41) is 8.84. The van der Waals surface area contributed by atoms with Crippen LogP contribution in [-0.2, 0) is 10.0 Å². The molecule has 0 aliphatic carbocycles. The van der Waals surface area contributed by atoms with Gasteiger partial charge in [0.15, 0.2) is 0 Å². The molecule has 114 valence electrons. The zero-order chi connectivity index (χ0) is 16.0. The summed E-state index contributed by atoms with van der Waals surface area (Å²) in [5.41, 5.74) is 0.744. The number of anilines is 1. The van der Waals surface area contributed by atoms with Gasteiger partial charge in [0.2, 0.25) is 0 Å². The Morgan fingerprint density at radius 3 is 2.55 bits per heavy atom. The zero-order valence-electron chi connectivity index (χ0n) is 12.1. The van der Waals surface area contributed by atoms with Crippen molar-refractivity contribution in [1.29, 1.82) is 5.26 Å². The number of rotatable bonds is 6.